The van der Waals surface area contributed by atoms with Gasteiger partial charge in [0.2, 0.25) is 0 Å². The van der Waals surface area contributed by atoms with Crippen LogP contribution in [0.15, 0.2) is 24.3 Å². The Labute approximate surface area is 106 Å². The van der Waals surface area contributed by atoms with Crippen molar-refractivity contribution in [3.05, 3.63) is 30.1 Å². The summed E-state index contributed by atoms with van der Waals surface area (Å²) in [6.45, 7) is 3.64. The molecular weight excluding hydrogens is 233 g/mol. The van der Waals surface area contributed by atoms with Gasteiger partial charge in [-0.2, -0.15) is 0 Å². The molecule has 2 rings (SSSR count). The van der Waals surface area contributed by atoms with Crippen LogP contribution in [0.1, 0.15) is 19.8 Å². The predicted molar refractivity (Wildman–Crippen MR) is 69.1 cm³/mol. The molecule has 3 N–H and O–H groups in total. The molecule has 1 aromatic carbocycles. The molecule has 1 atom stereocenters. The largest absolute Gasteiger partial charge is 0.336 e. The van der Waals surface area contributed by atoms with Gasteiger partial charge in [-0.1, -0.05) is 6.07 Å². The van der Waals surface area contributed by atoms with Gasteiger partial charge in [0.25, 0.3) is 0 Å². The number of halogens is 1. The first-order valence-corrected chi connectivity index (χ1v) is 6.13. The van der Waals surface area contributed by atoms with Gasteiger partial charge in [0.05, 0.1) is 0 Å². The van der Waals surface area contributed by atoms with Crippen molar-refractivity contribution >= 4 is 11.7 Å². The number of anilines is 1. The van der Waals surface area contributed by atoms with E-state index in [1.807, 2.05) is 0 Å². The van der Waals surface area contributed by atoms with Gasteiger partial charge in [-0.05, 0) is 44.5 Å². The molecule has 18 heavy (non-hydrogen) atoms. The Kier molecular flexibility index (Phi) is 3.81. The Morgan fingerprint density at radius 2 is 2.39 bits per heavy atom. The average Bonchev–Trinajstić information content (AvgIpc) is 2.74. The maximum absolute atomic E-state index is 12.9. The van der Waals surface area contributed by atoms with E-state index >= 15 is 0 Å². The molecule has 0 radical (unpaired) electrons. The molecule has 1 heterocycles. The Hall–Kier alpha value is -1.62. The van der Waals surface area contributed by atoms with Crippen molar-refractivity contribution in [2.24, 2.45) is 0 Å². The molecule has 1 aliphatic heterocycles. The van der Waals surface area contributed by atoms with Crippen LogP contribution >= 0.6 is 0 Å². The van der Waals surface area contributed by atoms with E-state index in [2.05, 4.69) is 22.9 Å². The Balaban J connectivity index is 1.82. The van der Waals surface area contributed by atoms with E-state index in [4.69, 9.17) is 0 Å². The van der Waals surface area contributed by atoms with Crippen LogP contribution in [0.25, 0.3) is 0 Å². The number of carbonyl (C=O) groups is 1. The summed E-state index contributed by atoms with van der Waals surface area (Å²) >= 11 is 0. The van der Waals surface area contributed by atoms with Crippen molar-refractivity contribution in [1.82, 2.24) is 10.6 Å². The summed E-state index contributed by atoms with van der Waals surface area (Å²) in [5, 5.41) is 8.76. The molecule has 0 spiro atoms. The summed E-state index contributed by atoms with van der Waals surface area (Å²) in [7, 11) is 0. The van der Waals surface area contributed by atoms with E-state index in [0.29, 0.717) is 12.2 Å². The third kappa shape index (κ3) is 3.43. The highest BCUT2D eigenvalue weighted by Crippen LogP contribution is 2.17. The second-order valence-corrected chi connectivity index (χ2v) is 4.91. The van der Waals surface area contributed by atoms with Gasteiger partial charge >= 0.3 is 6.03 Å². The first-order chi connectivity index (χ1) is 8.57. The highest BCUT2D eigenvalue weighted by Gasteiger charge is 2.28. The number of carbonyl (C=O) groups excluding carboxylic acids is 1. The number of nitrogens with one attached hydrogen (secondary N) is 3. The predicted octanol–water partition coefficient (Wildman–Crippen LogP) is 2.09. The number of hydrogen-bond donors (Lipinski definition) is 3. The van der Waals surface area contributed by atoms with Crippen LogP contribution in [0.4, 0.5) is 14.9 Å². The van der Waals surface area contributed by atoms with Crippen molar-refractivity contribution < 1.29 is 9.18 Å². The molecule has 1 saturated heterocycles. The maximum atomic E-state index is 12.9. The summed E-state index contributed by atoms with van der Waals surface area (Å²) in [6, 6.07) is 5.53. The summed E-state index contributed by atoms with van der Waals surface area (Å²) in [6.07, 6.45) is 2.18. The minimum atomic E-state index is -0.364. The third-order valence-corrected chi connectivity index (χ3v) is 3.18. The van der Waals surface area contributed by atoms with Crippen LogP contribution < -0.4 is 16.0 Å². The van der Waals surface area contributed by atoms with Gasteiger partial charge in [0.1, 0.15) is 5.82 Å². The molecule has 0 aliphatic carbocycles. The van der Waals surface area contributed by atoms with E-state index in [1.165, 1.54) is 12.1 Å². The van der Waals surface area contributed by atoms with Crippen LogP contribution in [0.3, 0.4) is 0 Å². The molecule has 1 aromatic rings. The summed E-state index contributed by atoms with van der Waals surface area (Å²) in [5.74, 6) is -0.364. The van der Waals surface area contributed by atoms with E-state index < -0.39 is 0 Å². The molecule has 2 amide bonds. The highest BCUT2D eigenvalue weighted by atomic mass is 19.1. The van der Waals surface area contributed by atoms with Crippen LogP contribution in [0.2, 0.25) is 0 Å². The first-order valence-electron chi connectivity index (χ1n) is 6.13. The monoisotopic (exact) mass is 251 g/mol. The van der Waals surface area contributed by atoms with Gasteiger partial charge in [-0.15, -0.1) is 0 Å². The normalized spacial score (nSPS) is 22.8. The van der Waals surface area contributed by atoms with E-state index in [9.17, 15) is 9.18 Å². The first kappa shape index (κ1) is 12.8. The molecular formula is C13H18FN3O. The van der Waals surface area contributed by atoms with Gasteiger partial charge in [0.15, 0.2) is 0 Å². The number of rotatable bonds is 3. The minimum absolute atomic E-state index is 0.0285. The Morgan fingerprint density at radius 1 is 1.56 bits per heavy atom. The maximum Gasteiger partial charge on any atom is 0.319 e. The number of benzene rings is 1. The van der Waals surface area contributed by atoms with E-state index in [0.717, 1.165) is 19.4 Å². The lowest BCUT2D eigenvalue weighted by Gasteiger charge is -2.24. The van der Waals surface area contributed by atoms with Crippen LogP contribution in [-0.2, 0) is 0 Å². The molecule has 98 valence electrons. The van der Waals surface area contributed by atoms with Gasteiger partial charge in [-0.3, -0.25) is 0 Å². The molecule has 5 heteroatoms. The van der Waals surface area contributed by atoms with Crippen LogP contribution in [0, 0.1) is 5.82 Å². The molecule has 0 aromatic heterocycles. The molecule has 1 fully saturated rings. The number of amides is 2. The zero-order valence-corrected chi connectivity index (χ0v) is 10.4. The van der Waals surface area contributed by atoms with Crippen molar-refractivity contribution in [3.63, 3.8) is 0 Å². The summed E-state index contributed by atoms with van der Waals surface area (Å²) in [4.78, 5) is 11.7. The average molecular weight is 251 g/mol. The zero-order valence-electron chi connectivity index (χ0n) is 10.4. The van der Waals surface area contributed by atoms with Crippen molar-refractivity contribution in [3.8, 4) is 0 Å². The topological polar surface area (TPSA) is 53.2 Å². The number of urea groups is 1. The lowest BCUT2D eigenvalue weighted by Crippen LogP contribution is -2.48. The second-order valence-electron chi connectivity index (χ2n) is 4.91. The Bertz CT molecular complexity index is 430. The number of hydrogen-bond acceptors (Lipinski definition) is 2. The van der Waals surface area contributed by atoms with Gasteiger partial charge < -0.3 is 16.0 Å². The third-order valence-electron chi connectivity index (χ3n) is 3.18. The SMILES string of the molecule is CC1(CNC(=O)Nc2cccc(F)c2)CCCN1. The van der Waals surface area contributed by atoms with Gasteiger partial charge in [-0.25, -0.2) is 9.18 Å². The van der Waals surface area contributed by atoms with Crippen molar-refractivity contribution in [1.29, 1.82) is 0 Å². The second kappa shape index (κ2) is 5.35. The molecule has 0 saturated carbocycles. The van der Waals surface area contributed by atoms with Gasteiger partial charge in [0, 0.05) is 17.8 Å². The standard InChI is InChI=1S/C13H18FN3O/c1-13(6-3-7-16-13)9-15-12(18)17-11-5-2-4-10(14)8-11/h2,4-5,8,16H,3,6-7,9H2,1H3,(H2,15,17,18). The highest BCUT2D eigenvalue weighted by molar-refractivity contribution is 5.89. The lowest BCUT2D eigenvalue weighted by molar-refractivity contribution is 0.248. The van der Waals surface area contributed by atoms with Crippen molar-refractivity contribution in [2.75, 3.05) is 18.4 Å². The molecule has 0 bridgehead atoms. The van der Waals surface area contributed by atoms with Crippen LogP contribution in [-0.4, -0.2) is 24.7 Å². The fourth-order valence-electron chi connectivity index (χ4n) is 2.12. The van der Waals surface area contributed by atoms with Crippen molar-refractivity contribution in [2.45, 2.75) is 25.3 Å². The summed E-state index contributed by atoms with van der Waals surface area (Å²) < 4.78 is 12.9. The summed E-state index contributed by atoms with van der Waals surface area (Å²) in [5.41, 5.74) is 0.427. The van der Waals surface area contributed by atoms with Crippen LogP contribution in [0.5, 0.6) is 0 Å². The Morgan fingerprint density at radius 3 is 3.06 bits per heavy atom. The lowest BCUT2D eigenvalue weighted by atomic mass is 10.0. The quantitative estimate of drug-likeness (QED) is 0.770. The fourth-order valence-corrected chi connectivity index (χ4v) is 2.12. The minimum Gasteiger partial charge on any atom is -0.336 e. The fraction of sp³-hybridized carbons (Fsp3) is 0.462. The molecule has 1 unspecified atom stereocenters. The molecule has 4 nitrogen and oxygen atoms in total. The van der Waals surface area contributed by atoms with E-state index in [-0.39, 0.29) is 17.4 Å². The van der Waals surface area contributed by atoms with E-state index in [1.54, 1.807) is 12.1 Å². The molecule has 1 aliphatic rings. The smallest absolute Gasteiger partial charge is 0.319 e. The zero-order chi connectivity index (χ0) is 13.0.